The lowest BCUT2D eigenvalue weighted by molar-refractivity contribution is 0.709. The molecule has 26 heavy (non-hydrogen) atoms. The van der Waals surface area contributed by atoms with Gasteiger partial charge in [0.2, 0.25) is 0 Å². The van der Waals surface area contributed by atoms with E-state index in [0.717, 1.165) is 35.7 Å². The summed E-state index contributed by atoms with van der Waals surface area (Å²) in [5.41, 5.74) is 9.37. The summed E-state index contributed by atoms with van der Waals surface area (Å²) in [5.74, 6) is 0.755. The Hall–Kier alpha value is -2.55. The van der Waals surface area contributed by atoms with Crippen LogP contribution in [0.25, 0.3) is 22.8 Å². The predicted octanol–water partition coefficient (Wildman–Crippen LogP) is 5.40. The molecule has 4 rings (SSSR count). The summed E-state index contributed by atoms with van der Waals surface area (Å²) in [7, 11) is 0. The van der Waals surface area contributed by atoms with Gasteiger partial charge in [-0.15, -0.1) is 0 Å². The lowest BCUT2D eigenvalue weighted by atomic mass is 9.95. The van der Waals surface area contributed by atoms with E-state index in [4.69, 9.17) is 9.97 Å². The molecule has 0 bridgehead atoms. The molecule has 0 N–H and O–H groups in total. The zero-order valence-electron chi connectivity index (χ0n) is 15.8. The second-order valence-corrected chi connectivity index (χ2v) is 7.29. The van der Waals surface area contributed by atoms with Gasteiger partial charge in [0.05, 0.1) is 5.69 Å². The van der Waals surface area contributed by atoms with Crippen LogP contribution in [0, 0.1) is 20.8 Å². The maximum absolute atomic E-state index is 5.04. The summed E-state index contributed by atoms with van der Waals surface area (Å²) >= 11 is 0. The topological polar surface area (TPSA) is 38.7 Å². The van der Waals surface area contributed by atoms with Crippen molar-refractivity contribution in [2.24, 2.45) is 0 Å². The quantitative estimate of drug-likeness (QED) is 0.585. The van der Waals surface area contributed by atoms with E-state index in [0.29, 0.717) is 0 Å². The molecule has 0 amide bonds. The first-order valence-electron chi connectivity index (χ1n) is 9.54. The molecule has 1 aromatic carbocycles. The van der Waals surface area contributed by atoms with E-state index in [1.54, 1.807) is 0 Å². The van der Waals surface area contributed by atoms with Crippen LogP contribution in [0.15, 0.2) is 36.4 Å². The second-order valence-electron chi connectivity index (χ2n) is 7.29. The minimum atomic E-state index is 0.755. The van der Waals surface area contributed by atoms with Crippen molar-refractivity contribution in [1.82, 2.24) is 15.0 Å². The normalized spacial score (nSPS) is 14.0. The summed E-state index contributed by atoms with van der Waals surface area (Å²) in [6, 6.07) is 12.6. The van der Waals surface area contributed by atoms with Crippen LogP contribution in [0.3, 0.4) is 0 Å². The Morgan fingerprint density at radius 1 is 0.769 bits per heavy atom. The number of nitrogens with zero attached hydrogens (tertiary/aromatic N) is 3. The third kappa shape index (κ3) is 3.14. The third-order valence-electron chi connectivity index (χ3n) is 5.41. The predicted molar refractivity (Wildman–Crippen MR) is 106 cm³/mol. The van der Waals surface area contributed by atoms with Gasteiger partial charge in [-0.2, -0.15) is 0 Å². The van der Waals surface area contributed by atoms with Crippen LogP contribution in [-0.2, 0) is 12.8 Å². The molecular weight excluding hydrogens is 318 g/mol. The monoisotopic (exact) mass is 343 g/mol. The highest BCUT2D eigenvalue weighted by Gasteiger charge is 2.20. The van der Waals surface area contributed by atoms with E-state index >= 15 is 0 Å². The van der Waals surface area contributed by atoms with Gasteiger partial charge in [0.25, 0.3) is 0 Å². The molecule has 132 valence electrons. The largest absolute Gasteiger partial charge is 0.250 e. The van der Waals surface area contributed by atoms with E-state index in [9.17, 15) is 0 Å². The van der Waals surface area contributed by atoms with Gasteiger partial charge in [-0.3, -0.25) is 0 Å². The Labute approximate surface area is 155 Å². The number of benzene rings is 1. The number of aryl methyl sites for hydroxylation is 3. The number of fused-ring (bicyclic) bond motifs is 1. The molecule has 0 fully saturated rings. The van der Waals surface area contributed by atoms with Crippen LogP contribution in [0.5, 0.6) is 0 Å². The van der Waals surface area contributed by atoms with Gasteiger partial charge < -0.3 is 0 Å². The molecule has 0 saturated heterocycles. The summed E-state index contributed by atoms with van der Waals surface area (Å²) in [4.78, 5) is 14.7. The molecular formula is C23H25N3. The summed E-state index contributed by atoms with van der Waals surface area (Å²) < 4.78 is 0. The zero-order chi connectivity index (χ0) is 18.1. The molecule has 0 aliphatic heterocycles. The fourth-order valence-electron chi connectivity index (χ4n) is 3.78. The van der Waals surface area contributed by atoms with Crippen molar-refractivity contribution < 1.29 is 0 Å². The van der Waals surface area contributed by atoms with Crippen LogP contribution in [0.1, 0.15) is 47.3 Å². The van der Waals surface area contributed by atoms with Crippen LogP contribution in [-0.4, -0.2) is 15.0 Å². The van der Waals surface area contributed by atoms with Crippen molar-refractivity contribution in [1.29, 1.82) is 0 Å². The second kappa shape index (κ2) is 6.99. The Bertz CT molecular complexity index is 960. The minimum absolute atomic E-state index is 0.755. The van der Waals surface area contributed by atoms with Crippen LogP contribution in [0.2, 0.25) is 0 Å². The smallest absolute Gasteiger partial charge is 0.178 e. The van der Waals surface area contributed by atoms with E-state index < -0.39 is 0 Å². The maximum Gasteiger partial charge on any atom is 0.178 e. The van der Waals surface area contributed by atoms with Crippen molar-refractivity contribution in [3.63, 3.8) is 0 Å². The lowest BCUT2D eigenvalue weighted by Crippen LogP contribution is -2.06. The molecule has 1 aliphatic carbocycles. The van der Waals surface area contributed by atoms with Crippen LogP contribution < -0.4 is 0 Å². The first-order chi connectivity index (χ1) is 12.6. The molecule has 3 aromatic rings. The summed E-state index contributed by atoms with van der Waals surface area (Å²) in [5, 5.41) is 0. The number of aromatic nitrogens is 3. The molecule has 0 spiro atoms. The fourth-order valence-corrected chi connectivity index (χ4v) is 3.78. The Balaban J connectivity index is 1.97. The van der Waals surface area contributed by atoms with Crippen molar-refractivity contribution in [2.45, 2.75) is 52.9 Å². The van der Waals surface area contributed by atoms with Gasteiger partial charge >= 0.3 is 0 Å². The lowest BCUT2D eigenvalue weighted by Gasteiger charge is -2.16. The SMILES string of the molecule is Cc1cccc(-c2nc3c(c(-c4cccc(C)c4C)n2)CCCCC3)n1. The van der Waals surface area contributed by atoms with E-state index in [-0.39, 0.29) is 0 Å². The van der Waals surface area contributed by atoms with Gasteiger partial charge in [-0.25, -0.2) is 15.0 Å². The van der Waals surface area contributed by atoms with Crippen molar-refractivity contribution in [3.05, 3.63) is 64.5 Å². The molecule has 2 aromatic heterocycles. The Morgan fingerprint density at radius 2 is 1.58 bits per heavy atom. The average Bonchev–Trinajstić information content (AvgIpc) is 2.89. The molecule has 2 heterocycles. The molecule has 1 aliphatic rings. The van der Waals surface area contributed by atoms with Crippen molar-refractivity contribution in [3.8, 4) is 22.8 Å². The summed E-state index contributed by atoms with van der Waals surface area (Å²) in [6.07, 6.45) is 5.79. The van der Waals surface area contributed by atoms with Gasteiger partial charge in [0.1, 0.15) is 5.69 Å². The molecule has 3 heteroatoms. The van der Waals surface area contributed by atoms with Crippen LogP contribution in [0.4, 0.5) is 0 Å². The Morgan fingerprint density at radius 3 is 2.42 bits per heavy atom. The van der Waals surface area contributed by atoms with E-state index in [1.165, 1.54) is 47.2 Å². The third-order valence-corrected chi connectivity index (χ3v) is 5.41. The highest BCUT2D eigenvalue weighted by Crippen LogP contribution is 2.33. The maximum atomic E-state index is 5.04. The molecule has 3 nitrogen and oxygen atoms in total. The molecule has 0 saturated carbocycles. The van der Waals surface area contributed by atoms with Gasteiger partial charge in [0.15, 0.2) is 5.82 Å². The summed E-state index contributed by atoms with van der Waals surface area (Å²) in [6.45, 7) is 6.38. The highest BCUT2D eigenvalue weighted by atomic mass is 14.9. The zero-order valence-corrected chi connectivity index (χ0v) is 15.8. The van der Waals surface area contributed by atoms with Crippen LogP contribution >= 0.6 is 0 Å². The average molecular weight is 343 g/mol. The number of rotatable bonds is 2. The van der Waals surface area contributed by atoms with E-state index in [1.807, 2.05) is 25.1 Å². The van der Waals surface area contributed by atoms with Gasteiger partial charge in [0, 0.05) is 22.5 Å². The number of pyridine rings is 1. The van der Waals surface area contributed by atoms with Gasteiger partial charge in [-0.05, 0) is 69.7 Å². The standard InChI is InChI=1S/C23H25N3/c1-15-9-7-12-18(17(15)3)22-19-11-5-4-6-13-20(19)25-23(26-22)21-14-8-10-16(2)24-21/h7-10,12,14H,4-6,11,13H2,1-3H3. The fraction of sp³-hybridized carbons (Fsp3) is 0.348. The molecule has 0 radical (unpaired) electrons. The van der Waals surface area contributed by atoms with Crippen molar-refractivity contribution in [2.75, 3.05) is 0 Å². The Kier molecular flexibility index (Phi) is 4.54. The number of hydrogen-bond donors (Lipinski definition) is 0. The van der Waals surface area contributed by atoms with Gasteiger partial charge in [-0.1, -0.05) is 30.7 Å². The first-order valence-corrected chi connectivity index (χ1v) is 9.54. The minimum Gasteiger partial charge on any atom is -0.250 e. The number of hydrogen-bond acceptors (Lipinski definition) is 3. The molecule has 0 unspecified atom stereocenters. The molecule has 0 atom stereocenters. The van der Waals surface area contributed by atoms with E-state index in [2.05, 4.69) is 37.0 Å². The van der Waals surface area contributed by atoms with Crippen molar-refractivity contribution >= 4 is 0 Å². The first kappa shape index (κ1) is 16.9. The highest BCUT2D eigenvalue weighted by molar-refractivity contribution is 5.71.